The lowest BCUT2D eigenvalue weighted by atomic mass is 10.2. The van der Waals surface area contributed by atoms with Gasteiger partial charge in [0.15, 0.2) is 0 Å². The van der Waals surface area contributed by atoms with E-state index in [2.05, 4.69) is 0 Å². The molecule has 7 heteroatoms. The second kappa shape index (κ2) is 5.75. The number of carboxylic acids is 1. The molecule has 0 spiro atoms. The molecular weight excluding hydrogens is 314 g/mol. The fraction of sp³-hybridized carbons (Fsp3) is 0.0714. The SMILES string of the molecule is CS(=O)(=O)N(c1cccc(C(=O)O)c1)c1ccccc1Cl. The first kappa shape index (κ1) is 15.3. The van der Waals surface area contributed by atoms with Crippen LogP contribution in [0.1, 0.15) is 10.4 Å². The molecule has 0 amide bonds. The zero-order valence-electron chi connectivity index (χ0n) is 11.0. The Labute approximate surface area is 127 Å². The molecule has 0 radical (unpaired) electrons. The Balaban J connectivity index is 2.66. The van der Waals surface area contributed by atoms with E-state index in [0.29, 0.717) is 0 Å². The molecule has 0 saturated carbocycles. The van der Waals surface area contributed by atoms with E-state index >= 15 is 0 Å². The number of halogens is 1. The summed E-state index contributed by atoms with van der Waals surface area (Å²) in [5, 5.41) is 9.28. The highest BCUT2D eigenvalue weighted by molar-refractivity contribution is 7.92. The van der Waals surface area contributed by atoms with Gasteiger partial charge in [0.1, 0.15) is 0 Å². The van der Waals surface area contributed by atoms with Crippen molar-refractivity contribution >= 4 is 39.0 Å². The van der Waals surface area contributed by atoms with Crippen molar-refractivity contribution in [3.8, 4) is 0 Å². The molecular formula is C14H12ClNO4S. The number of hydrogen-bond donors (Lipinski definition) is 1. The largest absolute Gasteiger partial charge is 0.478 e. The maximum absolute atomic E-state index is 12.1. The normalized spacial score (nSPS) is 11.1. The van der Waals surface area contributed by atoms with Gasteiger partial charge in [-0.3, -0.25) is 0 Å². The van der Waals surface area contributed by atoms with Gasteiger partial charge >= 0.3 is 5.97 Å². The Morgan fingerprint density at radius 3 is 2.38 bits per heavy atom. The summed E-state index contributed by atoms with van der Waals surface area (Å²) in [6.45, 7) is 0. The molecule has 0 saturated heterocycles. The van der Waals surface area contributed by atoms with E-state index in [0.717, 1.165) is 10.6 Å². The molecule has 21 heavy (non-hydrogen) atoms. The third-order valence-corrected chi connectivity index (χ3v) is 4.12. The smallest absolute Gasteiger partial charge is 0.335 e. The molecule has 0 aromatic heterocycles. The summed E-state index contributed by atoms with van der Waals surface area (Å²) >= 11 is 6.05. The van der Waals surface area contributed by atoms with Gasteiger partial charge in [-0.25, -0.2) is 17.5 Å². The van der Waals surface area contributed by atoms with Crippen LogP contribution >= 0.6 is 11.6 Å². The molecule has 110 valence electrons. The zero-order valence-corrected chi connectivity index (χ0v) is 12.6. The van der Waals surface area contributed by atoms with Crippen LogP contribution in [0.25, 0.3) is 0 Å². The molecule has 0 aliphatic heterocycles. The summed E-state index contributed by atoms with van der Waals surface area (Å²) in [5.74, 6) is -1.13. The Morgan fingerprint density at radius 2 is 1.81 bits per heavy atom. The average molecular weight is 326 g/mol. The molecule has 5 nitrogen and oxygen atoms in total. The minimum absolute atomic E-state index is 0.00629. The predicted molar refractivity (Wildman–Crippen MR) is 81.8 cm³/mol. The minimum Gasteiger partial charge on any atom is -0.478 e. The first-order valence-corrected chi connectivity index (χ1v) is 8.11. The van der Waals surface area contributed by atoms with Crippen molar-refractivity contribution in [2.24, 2.45) is 0 Å². The van der Waals surface area contributed by atoms with Gasteiger partial charge in [0, 0.05) is 0 Å². The van der Waals surface area contributed by atoms with E-state index < -0.39 is 16.0 Å². The van der Waals surface area contributed by atoms with Crippen molar-refractivity contribution in [3.05, 3.63) is 59.1 Å². The quantitative estimate of drug-likeness (QED) is 0.937. The molecule has 0 aliphatic carbocycles. The fourth-order valence-electron chi connectivity index (χ4n) is 1.89. The van der Waals surface area contributed by atoms with Crippen molar-refractivity contribution in [3.63, 3.8) is 0 Å². The van der Waals surface area contributed by atoms with Crippen LogP contribution in [0.2, 0.25) is 5.02 Å². The lowest BCUT2D eigenvalue weighted by molar-refractivity contribution is 0.0697. The summed E-state index contributed by atoms with van der Waals surface area (Å²) in [6.07, 6.45) is 1.03. The first-order valence-electron chi connectivity index (χ1n) is 5.89. The molecule has 2 aromatic carbocycles. The number of anilines is 2. The monoisotopic (exact) mass is 325 g/mol. The van der Waals surface area contributed by atoms with Crippen LogP contribution in [0, 0.1) is 0 Å². The average Bonchev–Trinajstić information content (AvgIpc) is 2.40. The van der Waals surface area contributed by atoms with Crippen LogP contribution < -0.4 is 4.31 Å². The van der Waals surface area contributed by atoms with Crippen LogP contribution in [0.5, 0.6) is 0 Å². The third-order valence-electron chi connectivity index (χ3n) is 2.73. The number of carbonyl (C=O) groups is 1. The van der Waals surface area contributed by atoms with Crippen molar-refractivity contribution < 1.29 is 18.3 Å². The van der Waals surface area contributed by atoms with Gasteiger partial charge in [-0.2, -0.15) is 0 Å². The van der Waals surface area contributed by atoms with Gasteiger partial charge in [0.05, 0.1) is 28.2 Å². The molecule has 0 bridgehead atoms. The second-order valence-corrected chi connectivity index (χ2v) is 6.57. The number of para-hydroxylation sites is 1. The van der Waals surface area contributed by atoms with Gasteiger partial charge in [0.25, 0.3) is 0 Å². The molecule has 2 rings (SSSR count). The Morgan fingerprint density at radius 1 is 1.14 bits per heavy atom. The van der Waals surface area contributed by atoms with E-state index in [1.807, 2.05) is 0 Å². The molecule has 0 fully saturated rings. The number of carboxylic acid groups (broad SMARTS) is 1. The van der Waals surface area contributed by atoms with Crippen molar-refractivity contribution in [2.75, 3.05) is 10.6 Å². The lowest BCUT2D eigenvalue weighted by Crippen LogP contribution is -2.25. The zero-order chi connectivity index (χ0) is 15.6. The molecule has 0 unspecified atom stereocenters. The van der Waals surface area contributed by atoms with Crippen LogP contribution in [-0.2, 0) is 10.0 Å². The number of nitrogens with zero attached hydrogens (tertiary/aromatic N) is 1. The first-order chi connectivity index (χ1) is 9.80. The molecule has 1 N–H and O–H groups in total. The van der Waals surface area contributed by atoms with E-state index in [1.165, 1.54) is 24.3 Å². The topological polar surface area (TPSA) is 74.7 Å². The Hall–Kier alpha value is -2.05. The molecule has 0 atom stereocenters. The fourth-order valence-corrected chi connectivity index (χ4v) is 3.17. The van der Waals surface area contributed by atoms with E-state index in [9.17, 15) is 13.2 Å². The van der Waals surface area contributed by atoms with Crippen LogP contribution in [-0.4, -0.2) is 25.7 Å². The van der Waals surface area contributed by atoms with E-state index in [-0.39, 0.29) is 22.0 Å². The van der Waals surface area contributed by atoms with Gasteiger partial charge in [-0.1, -0.05) is 29.8 Å². The standard InChI is InChI=1S/C14H12ClNO4S/c1-21(19,20)16(13-8-3-2-7-12(13)15)11-6-4-5-10(9-11)14(17)18/h2-9H,1H3,(H,17,18). The Bertz CT molecular complexity index is 789. The van der Waals surface area contributed by atoms with Gasteiger partial charge in [-0.05, 0) is 30.3 Å². The third kappa shape index (κ3) is 3.34. The lowest BCUT2D eigenvalue weighted by Gasteiger charge is -2.23. The van der Waals surface area contributed by atoms with Crippen molar-refractivity contribution in [1.82, 2.24) is 0 Å². The minimum atomic E-state index is -3.68. The van der Waals surface area contributed by atoms with Crippen LogP contribution in [0.3, 0.4) is 0 Å². The molecule has 0 aliphatic rings. The van der Waals surface area contributed by atoms with Crippen LogP contribution in [0.15, 0.2) is 48.5 Å². The maximum Gasteiger partial charge on any atom is 0.335 e. The summed E-state index contributed by atoms with van der Waals surface area (Å²) < 4.78 is 25.2. The Kier molecular flexibility index (Phi) is 4.20. The highest BCUT2D eigenvalue weighted by Crippen LogP contribution is 2.34. The van der Waals surface area contributed by atoms with E-state index in [1.54, 1.807) is 24.3 Å². The van der Waals surface area contributed by atoms with Crippen molar-refractivity contribution in [2.45, 2.75) is 0 Å². The highest BCUT2D eigenvalue weighted by Gasteiger charge is 2.22. The van der Waals surface area contributed by atoms with Crippen molar-refractivity contribution in [1.29, 1.82) is 0 Å². The number of sulfonamides is 1. The predicted octanol–water partition coefficient (Wildman–Crippen LogP) is 3.14. The molecule has 2 aromatic rings. The molecule has 0 heterocycles. The summed E-state index contributed by atoms with van der Waals surface area (Å²) in [5.41, 5.74) is 0.475. The number of benzene rings is 2. The maximum atomic E-state index is 12.1. The van der Waals surface area contributed by atoms with E-state index in [4.69, 9.17) is 16.7 Å². The van der Waals surface area contributed by atoms with Gasteiger partial charge < -0.3 is 5.11 Å². The van der Waals surface area contributed by atoms with Gasteiger partial charge in [0.2, 0.25) is 10.0 Å². The summed E-state index contributed by atoms with van der Waals surface area (Å²) in [7, 11) is -3.68. The number of aromatic carboxylic acids is 1. The second-order valence-electron chi connectivity index (χ2n) is 4.33. The number of rotatable bonds is 4. The highest BCUT2D eigenvalue weighted by atomic mass is 35.5. The van der Waals surface area contributed by atoms with Gasteiger partial charge in [-0.15, -0.1) is 0 Å². The summed E-state index contributed by atoms with van der Waals surface area (Å²) in [4.78, 5) is 11.0. The summed E-state index contributed by atoms with van der Waals surface area (Å²) in [6, 6.07) is 12.1. The number of hydrogen-bond acceptors (Lipinski definition) is 3. The van der Waals surface area contributed by atoms with Crippen LogP contribution in [0.4, 0.5) is 11.4 Å².